The van der Waals surface area contributed by atoms with Gasteiger partial charge < -0.3 is 14.1 Å². The van der Waals surface area contributed by atoms with Crippen molar-refractivity contribution in [3.63, 3.8) is 0 Å². The Hall–Kier alpha value is -2.49. The van der Waals surface area contributed by atoms with Crippen molar-refractivity contribution in [2.24, 2.45) is 0 Å². The second-order valence-corrected chi connectivity index (χ2v) is 5.91. The minimum atomic E-state index is -0.712. The summed E-state index contributed by atoms with van der Waals surface area (Å²) in [5.74, 6) is -0.580. The summed E-state index contributed by atoms with van der Waals surface area (Å²) < 4.78 is 10.2. The lowest BCUT2D eigenvalue weighted by atomic mass is 10.2. The molecule has 1 heterocycles. The van der Waals surface area contributed by atoms with Gasteiger partial charge in [-0.05, 0) is 30.3 Å². The lowest BCUT2D eigenvalue weighted by molar-refractivity contribution is -0.135. The molecule has 1 amide bonds. The highest BCUT2D eigenvalue weighted by atomic mass is 35.5. The zero-order valence-electron chi connectivity index (χ0n) is 13.1. The Morgan fingerprint density at radius 2 is 1.96 bits per heavy atom. The number of carbonyl (C=O) groups excluding carboxylic acids is 2. The molecule has 1 aromatic carbocycles. The highest BCUT2D eigenvalue weighted by Gasteiger charge is 2.18. The largest absolute Gasteiger partial charge is 0.467 e. The zero-order valence-corrected chi connectivity index (χ0v) is 14.6. The number of nitrogens with zero attached hydrogens (tertiary/aromatic N) is 2. The van der Waals surface area contributed by atoms with Crippen LogP contribution >= 0.6 is 23.2 Å². The van der Waals surface area contributed by atoms with Gasteiger partial charge in [-0.2, -0.15) is 5.26 Å². The molecule has 0 saturated heterocycles. The molecule has 0 aliphatic carbocycles. The van der Waals surface area contributed by atoms with E-state index in [2.05, 4.69) is 0 Å². The molecule has 8 heteroatoms. The van der Waals surface area contributed by atoms with Crippen LogP contribution in [0, 0.1) is 11.3 Å². The minimum absolute atomic E-state index is 0.153. The van der Waals surface area contributed by atoms with E-state index in [0.29, 0.717) is 15.8 Å². The van der Waals surface area contributed by atoms with E-state index < -0.39 is 18.5 Å². The van der Waals surface area contributed by atoms with Crippen LogP contribution in [0.3, 0.4) is 0 Å². The molecule has 0 spiro atoms. The van der Waals surface area contributed by atoms with Gasteiger partial charge in [-0.15, -0.1) is 0 Å². The third-order valence-electron chi connectivity index (χ3n) is 3.20. The fourth-order valence-corrected chi connectivity index (χ4v) is 2.57. The first-order valence-corrected chi connectivity index (χ1v) is 8.05. The number of benzene rings is 1. The fourth-order valence-electron chi connectivity index (χ4n) is 2.04. The smallest absolute Gasteiger partial charge is 0.338 e. The molecule has 0 atom stereocenters. The number of halogens is 2. The SMILES string of the molecule is N#CCCN(Cc1ccco1)C(=O)COC(=O)c1cc(Cl)cc(Cl)c1. The maximum Gasteiger partial charge on any atom is 0.338 e. The number of ether oxygens (including phenoxy) is 1. The maximum atomic E-state index is 12.3. The van der Waals surface area contributed by atoms with Gasteiger partial charge in [-0.25, -0.2) is 4.79 Å². The molecule has 0 aliphatic rings. The molecule has 0 bridgehead atoms. The van der Waals surface area contributed by atoms with Crippen molar-refractivity contribution in [1.82, 2.24) is 4.90 Å². The van der Waals surface area contributed by atoms with Gasteiger partial charge in [0.25, 0.3) is 5.91 Å². The quantitative estimate of drug-likeness (QED) is 0.683. The molecule has 130 valence electrons. The number of nitriles is 1. The Morgan fingerprint density at radius 3 is 2.56 bits per heavy atom. The molecule has 0 unspecified atom stereocenters. The molecule has 6 nitrogen and oxygen atoms in total. The van der Waals surface area contributed by atoms with Crippen LogP contribution in [0.25, 0.3) is 0 Å². The van der Waals surface area contributed by atoms with E-state index in [1.807, 2.05) is 6.07 Å². The number of esters is 1. The van der Waals surface area contributed by atoms with Crippen LogP contribution in [-0.4, -0.2) is 29.9 Å². The van der Waals surface area contributed by atoms with E-state index in [1.165, 1.54) is 29.4 Å². The number of carbonyl (C=O) groups is 2. The van der Waals surface area contributed by atoms with Crippen molar-refractivity contribution in [3.8, 4) is 6.07 Å². The molecule has 0 saturated carbocycles. The lowest BCUT2D eigenvalue weighted by Gasteiger charge is -2.20. The van der Waals surface area contributed by atoms with E-state index in [9.17, 15) is 9.59 Å². The molecule has 0 fully saturated rings. The van der Waals surface area contributed by atoms with Gasteiger partial charge in [0.15, 0.2) is 6.61 Å². The Labute approximate surface area is 154 Å². The number of amides is 1. The van der Waals surface area contributed by atoms with Gasteiger partial charge in [0.1, 0.15) is 5.76 Å². The van der Waals surface area contributed by atoms with Crippen LogP contribution < -0.4 is 0 Å². The van der Waals surface area contributed by atoms with Crippen molar-refractivity contribution in [1.29, 1.82) is 5.26 Å². The highest BCUT2D eigenvalue weighted by molar-refractivity contribution is 6.35. The minimum Gasteiger partial charge on any atom is -0.467 e. The van der Waals surface area contributed by atoms with Gasteiger partial charge in [0.2, 0.25) is 0 Å². The van der Waals surface area contributed by atoms with Gasteiger partial charge in [0.05, 0.1) is 30.9 Å². The van der Waals surface area contributed by atoms with Crippen molar-refractivity contribution in [2.75, 3.05) is 13.2 Å². The normalized spacial score (nSPS) is 10.1. The van der Waals surface area contributed by atoms with Gasteiger partial charge in [0, 0.05) is 16.6 Å². The molecular weight excluding hydrogens is 367 g/mol. The first kappa shape index (κ1) is 18.8. The second kappa shape index (κ2) is 9.11. The van der Waals surface area contributed by atoms with E-state index in [-0.39, 0.29) is 25.1 Å². The maximum absolute atomic E-state index is 12.3. The van der Waals surface area contributed by atoms with Crippen molar-refractivity contribution < 1.29 is 18.7 Å². The predicted molar refractivity (Wildman–Crippen MR) is 91.1 cm³/mol. The van der Waals surface area contributed by atoms with E-state index in [1.54, 1.807) is 12.1 Å². The first-order chi connectivity index (χ1) is 12.0. The van der Waals surface area contributed by atoms with Crippen LogP contribution in [0.4, 0.5) is 0 Å². The summed E-state index contributed by atoms with van der Waals surface area (Å²) in [6, 6.07) is 9.67. The van der Waals surface area contributed by atoms with E-state index in [0.717, 1.165) is 0 Å². The Balaban J connectivity index is 1.97. The average molecular weight is 381 g/mol. The van der Waals surface area contributed by atoms with Gasteiger partial charge in [-0.1, -0.05) is 23.2 Å². The van der Waals surface area contributed by atoms with Crippen molar-refractivity contribution >= 4 is 35.1 Å². The Bertz CT molecular complexity index is 764. The van der Waals surface area contributed by atoms with Crippen LogP contribution in [-0.2, 0) is 16.1 Å². The molecule has 0 aliphatic heterocycles. The highest BCUT2D eigenvalue weighted by Crippen LogP contribution is 2.19. The van der Waals surface area contributed by atoms with Crippen LogP contribution in [0.1, 0.15) is 22.5 Å². The summed E-state index contributed by atoms with van der Waals surface area (Å²) in [5.41, 5.74) is 0.153. The Morgan fingerprint density at radius 1 is 1.24 bits per heavy atom. The van der Waals surface area contributed by atoms with E-state index in [4.69, 9.17) is 37.6 Å². The molecule has 0 N–H and O–H groups in total. The number of hydrogen-bond acceptors (Lipinski definition) is 5. The topological polar surface area (TPSA) is 83.5 Å². The third kappa shape index (κ3) is 5.82. The number of rotatable bonds is 7. The van der Waals surface area contributed by atoms with Crippen molar-refractivity contribution in [3.05, 3.63) is 58.0 Å². The lowest BCUT2D eigenvalue weighted by Crippen LogP contribution is -2.35. The average Bonchev–Trinajstić information content (AvgIpc) is 3.08. The summed E-state index contributed by atoms with van der Waals surface area (Å²) in [7, 11) is 0. The summed E-state index contributed by atoms with van der Waals surface area (Å²) >= 11 is 11.7. The van der Waals surface area contributed by atoms with Crippen LogP contribution in [0.2, 0.25) is 10.0 Å². The standard InChI is InChI=1S/C17H14Cl2N2O4/c18-13-7-12(8-14(19)9-13)17(23)25-11-16(22)21(5-2-4-20)10-15-3-1-6-24-15/h1,3,6-9H,2,5,10-11H2. The molecule has 2 aromatic rings. The molecule has 25 heavy (non-hydrogen) atoms. The van der Waals surface area contributed by atoms with Gasteiger partial charge in [-0.3, -0.25) is 4.79 Å². The van der Waals surface area contributed by atoms with Crippen molar-refractivity contribution in [2.45, 2.75) is 13.0 Å². The molecule has 2 rings (SSSR count). The second-order valence-electron chi connectivity index (χ2n) is 5.04. The van der Waals surface area contributed by atoms with Crippen LogP contribution in [0.15, 0.2) is 41.0 Å². The summed E-state index contributed by atoms with van der Waals surface area (Å²) in [6.07, 6.45) is 1.65. The number of furan rings is 1. The summed E-state index contributed by atoms with van der Waals surface area (Å²) in [4.78, 5) is 25.7. The van der Waals surface area contributed by atoms with E-state index >= 15 is 0 Å². The Kier molecular flexibility index (Phi) is 6.87. The first-order valence-electron chi connectivity index (χ1n) is 7.30. The zero-order chi connectivity index (χ0) is 18.2. The number of hydrogen-bond donors (Lipinski definition) is 0. The molecule has 0 radical (unpaired) electrons. The van der Waals surface area contributed by atoms with Gasteiger partial charge >= 0.3 is 5.97 Å². The predicted octanol–water partition coefficient (Wildman–Crippen LogP) is 3.69. The summed E-state index contributed by atoms with van der Waals surface area (Å²) in [6.45, 7) is -0.0697. The monoisotopic (exact) mass is 380 g/mol. The third-order valence-corrected chi connectivity index (χ3v) is 3.63. The molecule has 1 aromatic heterocycles. The van der Waals surface area contributed by atoms with Crippen LogP contribution in [0.5, 0.6) is 0 Å². The molecular formula is C17H14Cl2N2O4. The summed E-state index contributed by atoms with van der Waals surface area (Å²) in [5, 5.41) is 9.30. The fraction of sp³-hybridized carbons (Fsp3) is 0.235.